The summed E-state index contributed by atoms with van der Waals surface area (Å²) in [7, 11) is 3.63. The van der Waals surface area contributed by atoms with E-state index >= 15 is 0 Å². The lowest BCUT2D eigenvalue weighted by molar-refractivity contribution is -0.00724. The van der Waals surface area contributed by atoms with Gasteiger partial charge in [0.2, 0.25) is 0 Å². The Bertz CT molecular complexity index is 867. The Labute approximate surface area is 213 Å². The molecule has 0 radical (unpaired) electrons. The molecule has 1 aliphatic heterocycles. The molecule has 0 N–H and O–H groups in total. The Balaban J connectivity index is 1.08. The van der Waals surface area contributed by atoms with Gasteiger partial charge in [-0.3, -0.25) is 0 Å². The summed E-state index contributed by atoms with van der Waals surface area (Å²) in [5.74, 6) is 1.36. The van der Waals surface area contributed by atoms with Gasteiger partial charge in [0.05, 0.1) is 83.4 Å². The fraction of sp³-hybridized carbons (Fsp3) is 0.714. The molecule has 0 bridgehead atoms. The lowest BCUT2D eigenvalue weighted by atomic mass is 10.1. The Kier molecular flexibility index (Phi) is 13.2. The van der Waals surface area contributed by atoms with Gasteiger partial charge < -0.3 is 38.1 Å². The van der Waals surface area contributed by atoms with Crippen LogP contribution in [-0.4, -0.2) is 116 Å². The molecule has 196 valence electrons. The third-order valence-electron chi connectivity index (χ3n) is 4.78. The van der Waals surface area contributed by atoms with Gasteiger partial charge in [-0.25, -0.2) is 0 Å². The van der Waals surface area contributed by atoms with E-state index in [1.165, 1.54) is 24.4 Å². The SMILES string of the molecule is COc1nsnc1OCCOCCOCCOCCOCCOc1nsnc1C1=CCCN(C)C1. The van der Waals surface area contributed by atoms with Gasteiger partial charge in [0.15, 0.2) is 0 Å². The molecule has 0 atom stereocenters. The Morgan fingerprint density at radius 3 is 1.83 bits per heavy atom. The van der Waals surface area contributed by atoms with Crippen LogP contribution in [0.25, 0.3) is 5.57 Å². The van der Waals surface area contributed by atoms with Gasteiger partial charge in [0, 0.05) is 13.1 Å². The number of hydrogen-bond acceptors (Lipinski definition) is 14. The summed E-state index contributed by atoms with van der Waals surface area (Å²) in [6.07, 6.45) is 3.23. The van der Waals surface area contributed by atoms with Crippen molar-refractivity contribution in [2.75, 3.05) is 93.3 Å². The second kappa shape index (κ2) is 16.7. The summed E-state index contributed by atoms with van der Waals surface area (Å²) < 4.78 is 54.8. The molecule has 0 saturated heterocycles. The van der Waals surface area contributed by atoms with E-state index in [2.05, 4.69) is 35.5 Å². The number of likely N-dealkylation sites (N-methyl/N-ethyl adjacent to an activating group) is 1. The Hall–Kier alpha value is -1.94. The summed E-state index contributed by atoms with van der Waals surface area (Å²) >= 11 is 2.21. The predicted molar refractivity (Wildman–Crippen MR) is 131 cm³/mol. The molecule has 1 aliphatic rings. The molecular weight excluding hydrogens is 498 g/mol. The van der Waals surface area contributed by atoms with Crippen molar-refractivity contribution in [2.24, 2.45) is 0 Å². The molecule has 0 aromatic carbocycles. The Morgan fingerprint density at radius 1 is 0.714 bits per heavy atom. The molecule has 0 unspecified atom stereocenters. The third kappa shape index (κ3) is 10.3. The van der Waals surface area contributed by atoms with E-state index in [1.807, 2.05) is 0 Å². The van der Waals surface area contributed by atoms with Crippen molar-refractivity contribution in [1.82, 2.24) is 22.4 Å². The highest BCUT2D eigenvalue weighted by Gasteiger charge is 2.18. The molecule has 2 aromatic rings. The van der Waals surface area contributed by atoms with Gasteiger partial charge in [0.25, 0.3) is 17.6 Å². The first-order chi connectivity index (χ1) is 17.3. The maximum absolute atomic E-state index is 5.76. The number of methoxy groups -OCH3 is 1. The summed E-state index contributed by atoms with van der Waals surface area (Å²) in [6.45, 7) is 6.54. The highest BCUT2D eigenvalue weighted by molar-refractivity contribution is 6.99. The molecule has 14 heteroatoms. The number of rotatable bonds is 19. The molecule has 0 aliphatic carbocycles. The van der Waals surface area contributed by atoms with Crippen LogP contribution in [0.1, 0.15) is 12.1 Å². The van der Waals surface area contributed by atoms with Crippen LogP contribution in [0.2, 0.25) is 0 Å². The zero-order chi connectivity index (χ0) is 24.6. The number of nitrogens with zero attached hydrogens (tertiary/aromatic N) is 5. The number of ether oxygens (including phenoxy) is 7. The average Bonchev–Trinajstić information content (AvgIpc) is 3.53. The lowest BCUT2D eigenvalue weighted by Gasteiger charge is -2.22. The average molecular weight is 532 g/mol. The molecule has 0 fully saturated rings. The highest BCUT2D eigenvalue weighted by atomic mass is 32.1. The van der Waals surface area contributed by atoms with Crippen molar-refractivity contribution in [2.45, 2.75) is 6.42 Å². The van der Waals surface area contributed by atoms with Crippen LogP contribution < -0.4 is 14.2 Å². The molecular formula is C21H33N5O7S2. The summed E-state index contributed by atoms with van der Waals surface area (Å²) in [6, 6.07) is 0. The molecule has 3 rings (SSSR count). The fourth-order valence-electron chi connectivity index (χ4n) is 3.08. The van der Waals surface area contributed by atoms with Gasteiger partial charge >= 0.3 is 0 Å². The molecule has 0 amide bonds. The van der Waals surface area contributed by atoms with Gasteiger partial charge in [-0.2, -0.15) is 4.37 Å². The summed E-state index contributed by atoms with van der Waals surface area (Å²) in [5, 5.41) is 0. The summed E-state index contributed by atoms with van der Waals surface area (Å²) in [4.78, 5) is 2.26. The minimum Gasteiger partial charge on any atom is -0.477 e. The van der Waals surface area contributed by atoms with E-state index in [0.717, 1.165) is 36.9 Å². The van der Waals surface area contributed by atoms with Crippen molar-refractivity contribution in [3.05, 3.63) is 11.8 Å². The first-order valence-electron chi connectivity index (χ1n) is 11.4. The third-order valence-corrected chi connectivity index (χ3v) is 5.78. The minimum atomic E-state index is 0.368. The Morgan fingerprint density at radius 2 is 1.23 bits per heavy atom. The standard InChI is InChI=1S/C21H33N5O7S2/c1-26-5-3-4-17(16-26)18-19(23-34-22-18)32-14-12-30-10-8-28-6-7-29-9-11-31-13-15-33-21-20(27-2)24-35-25-21/h4H,3,5-16H2,1-2H3. The number of hydrogen-bond donors (Lipinski definition) is 0. The normalized spacial score (nSPS) is 14.2. The maximum atomic E-state index is 5.76. The van der Waals surface area contributed by atoms with E-state index in [1.54, 1.807) is 0 Å². The van der Waals surface area contributed by atoms with Crippen molar-refractivity contribution < 1.29 is 33.2 Å². The van der Waals surface area contributed by atoms with Crippen molar-refractivity contribution in [3.63, 3.8) is 0 Å². The highest BCUT2D eigenvalue weighted by Crippen LogP contribution is 2.27. The topological polar surface area (TPSA) is 119 Å². The van der Waals surface area contributed by atoms with Crippen molar-refractivity contribution in [1.29, 1.82) is 0 Å². The quantitative estimate of drug-likeness (QED) is 0.245. The number of aromatic nitrogens is 4. The van der Waals surface area contributed by atoms with Crippen LogP contribution in [-0.2, 0) is 18.9 Å². The van der Waals surface area contributed by atoms with Crippen LogP contribution in [0.3, 0.4) is 0 Å². The lowest BCUT2D eigenvalue weighted by Crippen LogP contribution is -2.25. The molecule has 12 nitrogen and oxygen atoms in total. The largest absolute Gasteiger partial charge is 0.477 e. The molecule has 0 saturated carbocycles. The van der Waals surface area contributed by atoms with Gasteiger partial charge in [0.1, 0.15) is 18.9 Å². The molecule has 2 aromatic heterocycles. The van der Waals surface area contributed by atoms with E-state index in [0.29, 0.717) is 83.7 Å². The molecule has 3 heterocycles. The van der Waals surface area contributed by atoms with Crippen molar-refractivity contribution >= 4 is 29.0 Å². The summed E-state index contributed by atoms with van der Waals surface area (Å²) in [5.41, 5.74) is 2.02. The zero-order valence-corrected chi connectivity index (χ0v) is 21.8. The van der Waals surface area contributed by atoms with Crippen LogP contribution in [0.4, 0.5) is 0 Å². The van der Waals surface area contributed by atoms with Crippen LogP contribution >= 0.6 is 23.5 Å². The van der Waals surface area contributed by atoms with Crippen LogP contribution in [0, 0.1) is 0 Å². The fourth-order valence-corrected chi connectivity index (χ4v) is 4.08. The molecule has 35 heavy (non-hydrogen) atoms. The van der Waals surface area contributed by atoms with Gasteiger partial charge in [-0.1, -0.05) is 6.08 Å². The van der Waals surface area contributed by atoms with Gasteiger partial charge in [-0.15, -0.1) is 13.1 Å². The first kappa shape index (κ1) is 27.6. The monoisotopic (exact) mass is 531 g/mol. The predicted octanol–water partition coefficient (Wildman–Crippen LogP) is 1.64. The zero-order valence-electron chi connectivity index (χ0n) is 20.2. The van der Waals surface area contributed by atoms with E-state index in [-0.39, 0.29) is 0 Å². The second-order valence-electron chi connectivity index (χ2n) is 7.40. The smallest absolute Gasteiger partial charge is 0.291 e. The van der Waals surface area contributed by atoms with Crippen LogP contribution in [0.15, 0.2) is 6.08 Å². The van der Waals surface area contributed by atoms with E-state index in [4.69, 9.17) is 33.2 Å². The van der Waals surface area contributed by atoms with E-state index < -0.39 is 0 Å². The van der Waals surface area contributed by atoms with Crippen molar-refractivity contribution in [3.8, 4) is 17.6 Å². The van der Waals surface area contributed by atoms with Gasteiger partial charge in [-0.05, 0) is 19.0 Å². The van der Waals surface area contributed by atoms with E-state index in [9.17, 15) is 0 Å². The maximum Gasteiger partial charge on any atom is 0.291 e. The van der Waals surface area contributed by atoms with Crippen LogP contribution in [0.5, 0.6) is 17.6 Å². The minimum absolute atomic E-state index is 0.368. The second-order valence-corrected chi connectivity index (χ2v) is 8.46. The first-order valence-corrected chi connectivity index (χ1v) is 12.9. The molecule has 0 spiro atoms.